The highest BCUT2D eigenvalue weighted by atomic mass is 35.5. The molecule has 13 heavy (non-hydrogen) atoms. The molecule has 0 aliphatic heterocycles. The van der Waals surface area contributed by atoms with Crippen molar-refractivity contribution < 1.29 is 0 Å². The van der Waals surface area contributed by atoms with Crippen molar-refractivity contribution in [3.63, 3.8) is 0 Å². The quantitative estimate of drug-likeness (QED) is 0.677. The molecule has 0 radical (unpaired) electrons. The van der Waals surface area contributed by atoms with Crippen LogP contribution in [-0.2, 0) is 0 Å². The largest absolute Gasteiger partial charge is 0.225 e. The number of hydrogen-bond donors (Lipinski definition) is 0. The monoisotopic (exact) mass is 212 g/mol. The van der Waals surface area contributed by atoms with Crippen LogP contribution in [0.4, 0.5) is 0 Å². The van der Waals surface area contributed by atoms with Crippen LogP contribution in [0.3, 0.4) is 0 Å². The van der Waals surface area contributed by atoms with Gasteiger partial charge >= 0.3 is 0 Å². The fourth-order valence-electron chi connectivity index (χ4n) is 1.13. The molecule has 68 valence electrons. The maximum absolute atomic E-state index is 5.93. The van der Waals surface area contributed by atoms with Gasteiger partial charge in [-0.3, -0.25) is 0 Å². The van der Waals surface area contributed by atoms with Crippen LogP contribution in [0.1, 0.15) is 24.6 Å². The Morgan fingerprint density at radius 3 is 2.77 bits per heavy atom. The Labute approximate surface area is 85.6 Å². The van der Waals surface area contributed by atoms with Gasteiger partial charge < -0.3 is 0 Å². The molecule has 2 aromatic rings. The van der Waals surface area contributed by atoms with Gasteiger partial charge in [-0.25, -0.2) is 9.97 Å². The Bertz CT molecular complexity index is 436. The molecular formula is C9H9ClN2S. The summed E-state index contributed by atoms with van der Waals surface area (Å²) in [5.41, 5.74) is 0. The minimum absolute atomic E-state index is 0.523. The summed E-state index contributed by atoms with van der Waals surface area (Å²) in [6.07, 6.45) is 1.51. The summed E-state index contributed by atoms with van der Waals surface area (Å²) >= 11 is 7.61. The van der Waals surface area contributed by atoms with Crippen molar-refractivity contribution in [3.05, 3.63) is 22.4 Å². The number of halogens is 1. The van der Waals surface area contributed by atoms with Gasteiger partial charge in [-0.2, -0.15) is 0 Å². The lowest BCUT2D eigenvalue weighted by molar-refractivity contribution is 0.890. The first-order valence-corrected chi connectivity index (χ1v) is 5.28. The third-order valence-electron chi connectivity index (χ3n) is 1.87. The van der Waals surface area contributed by atoms with Gasteiger partial charge in [-0.05, 0) is 12.0 Å². The average Bonchev–Trinajstić information content (AvgIpc) is 2.49. The van der Waals surface area contributed by atoms with Crippen molar-refractivity contribution in [3.8, 4) is 0 Å². The van der Waals surface area contributed by atoms with Crippen molar-refractivity contribution in [2.75, 3.05) is 0 Å². The predicted molar refractivity (Wildman–Crippen MR) is 56.5 cm³/mol. The molecule has 0 aliphatic carbocycles. The van der Waals surface area contributed by atoms with E-state index in [1.807, 2.05) is 0 Å². The summed E-state index contributed by atoms with van der Waals surface area (Å²) < 4.78 is 0. The van der Waals surface area contributed by atoms with E-state index in [4.69, 9.17) is 11.6 Å². The van der Waals surface area contributed by atoms with Crippen molar-refractivity contribution in [1.82, 2.24) is 9.97 Å². The van der Waals surface area contributed by atoms with E-state index in [2.05, 4.69) is 29.9 Å². The lowest BCUT2D eigenvalue weighted by atomic mass is 10.2. The first-order valence-electron chi connectivity index (χ1n) is 4.08. The second kappa shape index (κ2) is 3.24. The fourth-order valence-corrected chi connectivity index (χ4v) is 2.37. The highest BCUT2D eigenvalue weighted by molar-refractivity contribution is 7.18. The maximum Gasteiger partial charge on any atom is 0.141 e. The molecule has 4 heteroatoms. The van der Waals surface area contributed by atoms with Crippen LogP contribution in [0.25, 0.3) is 10.2 Å². The van der Waals surface area contributed by atoms with Crippen molar-refractivity contribution in [2.45, 2.75) is 19.8 Å². The first kappa shape index (κ1) is 8.91. The van der Waals surface area contributed by atoms with Gasteiger partial charge in [0.1, 0.15) is 16.3 Å². The minimum atomic E-state index is 0.523. The summed E-state index contributed by atoms with van der Waals surface area (Å²) in [6, 6.07) is 2.08. The number of aromatic nitrogens is 2. The molecule has 0 bridgehead atoms. The highest BCUT2D eigenvalue weighted by Crippen LogP contribution is 2.31. The number of fused-ring (bicyclic) bond motifs is 1. The Hall–Kier alpha value is -0.670. The third-order valence-corrected chi connectivity index (χ3v) is 3.51. The zero-order valence-corrected chi connectivity index (χ0v) is 8.99. The Morgan fingerprint density at radius 1 is 1.38 bits per heavy atom. The molecule has 2 aromatic heterocycles. The van der Waals surface area contributed by atoms with E-state index in [9.17, 15) is 0 Å². The Morgan fingerprint density at radius 2 is 2.15 bits per heavy atom. The third kappa shape index (κ3) is 1.54. The summed E-state index contributed by atoms with van der Waals surface area (Å²) in [6.45, 7) is 4.32. The Balaban J connectivity index is 2.68. The molecule has 0 saturated heterocycles. The van der Waals surface area contributed by atoms with E-state index >= 15 is 0 Å². The molecule has 2 heterocycles. The van der Waals surface area contributed by atoms with Gasteiger partial charge in [0.05, 0.1) is 0 Å². The van der Waals surface area contributed by atoms with E-state index in [1.54, 1.807) is 11.3 Å². The average molecular weight is 213 g/mol. The number of hydrogen-bond acceptors (Lipinski definition) is 3. The molecule has 0 unspecified atom stereocenters. The second-order valence-electron chi connectivity index (χ2n) is 3.19. The second-order valence-corrected chi connectivity index (χ2v) is 4.61. The van der Waals surface area contributed by atoms with Crippen LogP contribution in [0.15, 0.2) is 12.4 Å². The summed E-state index contributed by atoms with van der Waals surface area (Å²) in [5, 5.41) is 1.52. The summed E-state index contributed by atoms with van der Waals surface area (Å²) in [5.74, 6) is 0.523. The van der Waals surface area contributed by atoms with Crippen LogP contribution in [0.5, 0.6) is 0 Å². The lowest BCUT2D eigenvalue weighted by Crippen LogP contribution is -1.78. The van der Waals surface area contributed by atoms with Crippen molar-refractivity contribution in [1.29, 1.82) is 0 Å². The van der Waals surface area contributed by atoms with Crippen LogP contribution in [-0.4, -0.2) is 9.97 Å². The smallest absolute Gasteiger partial charge is 0.141 e. The number of rotatable bonds is 1. The van der Waals surface area contributed by atoms with E-state index < -0.39 is 0 Å². The molecule has 2 rings (SSSR count). The van der Waals surface area contributed by atoms with Gasteiger partial charge in [0.25, 0.3) is 0 Å². The van der Waals surface area contributed by atoms with Gasteiger partial charge in [0.2, 0.25) is 0 Å². The molecular weight excluding hydrogens is 204 g/mol. The standard InChI is InChI=1S/C9H9ClN2S/c1-5(2)7-3-6-8(10)11-4-12-9(6)13-7/h3-5H,1-2H3. The lowest BCUT2D eigenvalue weighted by Gasteiger charge is -1.95. The van der Waals surface area contributed by atoms with E-state index in [0.717, 1.165) is 10.2 Å². The van der Waals surface area contributed by atoms with Gasteiger partial charge in [0.15, 0.2) is 0 Å². The maximum atomic E-state index is 5.93. The Kier molecular flexibility index (Phi) is 2.22. The van der Waals surface area contributed by atoms with E-state index in [1.165, 1.54) is 11.2 Å². The van der Waals surface area contributed by atoms with E-state index in [-0.39, 0.29) is 0 Å². The highest BCUT2D eigenvalue weighted by Gasteiger charge is 2.08. The molecule has 0 aliphatic rings. The molecule has 0 fully saturated rings. The van der Waals surface area contributed by atoms with Crippen LogP contribution in [0, 0.1) is 0 Å². The topological polar surface area (TPSA) is 25.8 Å². The van der Waals surface area contributed by atoms with Crippen LogP contribution >= 0.6 is 22.9 Å². The fraction of sp³-hybridized carbons (Fsp3) is 0.333. The van der Waals surface area contributed by atoms with Gasteiger partial charge in [0, 0.05) is 10.3 Å². The van der Waals surface area contributed by atoms with Gasteiger partial charge in [-0.15, -0.1) is 11.3 Å². The molecule has 0 amide bonds. The number of nitrogens with zero attached hydrogens (tertiary/aromatic N) is 2. The SMILES string of the molecule is CC(C)c1cc2c(Cl)ncnc2s1. The number of thiophene rings is 1. The van der Waals surface area contributed by atoms with Crippen molar-refractivity contribution in [2.24, 2.45) is 0 Å². The summed E-state index contributed by atoms with van der Waals surface area (Å²) in [7, 11) is 0. The van der Waals surface area contributed by atoms with E-state index in [0.29, 0.717) is 11.1 Å². The molecule has 0 aromatic carbocycles. The molecule has 0 saturated carbocycles. The minimum Gasteiger partial charge on any atom is -0.225 e. The summed E-state index contributed by atoms with van der Waals surface area (Å²) in [4.78, 5) is 10.4. The van der Waals surface area contributed by atoms with Crippen molar-refractivity contribution >= 4 is 33.2 Å². The normalized spacial score (nSPS) is 11.4. The molecule has 0 spiro atoms. The molecule has 0 atom stereocenters. The zero-order valence-electron chi connectivity index (χ0n) is 7.41. The van der Waals surface area contributed by atoms with Gasteiger partial charge in [-0.1, -0.05) is 25.4 Å². The van der Waals surface area contributed by atoms with Crippen LogP contribution in [0.2, 0.25) is 5.15 Å². The zero-order chi connectivity index (χ0) is 9.42. The predicted octanol–water partition coefficient (Wildman–Crippen LogP) is 3.47. The van der Waals surface area contributed by atoms with Crippen LogP contribution < -0.4 is 0 Å². The molecule has 0 N–H and O–H groups in total. The first-order chi connectivity index (χ1) is 6.18. The molecule has 2 nitrogen and oxygen atoms in total.